The topological polar surface area (TPSA) is 72.2 Å². The summed E-state index contributed by atoms with van der Waals surface area (Å²) in [5.41, 5.74) is 3.58. The van der Waals surface area contributed by atoms with Gasteiger partial charge in [-0.25, -0.2) is 13.1 Å². The second kappa shape index (κ2) is 6.41. The van der Waals surface area contributed by atoms with Crippen molar-refractivity contribution in [3.8, 4) is 0 Å². The van der Waals surface area contributed by atoms with Crippen LogP contribution in [0, 0.1) is 20.8 Å². The van der Waals surface area contributed by atoms with E-state index < -0.39 is 10.0 Å². The highest BCUT2D eigenvalue weighted by Gasteiger charge is 2.14. The summed E-state index contributed by atoms with van der Waals surface area (Å²) in [5, 5.41) is 3.86. The SMILES string of the molecule is Cc1ccccc1CS(=O)(=O)NCCc1c(C)noc1C. The van der Waals surface area contributed by atoms with Crippen molar-refractivity contribution in [3.05, 3.63) is 52.4 Å². The zero-order valence-corrected chi connectivity index (χ0v) is 13.3. The van der Waals surface area contributed by atoms with E-state index >= 15 is 0 Å². The average molecular weight is 308 g/mol. The average Bonchev–Trinajstić information content (AvgIpc) is 2.73. The Morgan fingerprint density at radius 2 is 1.90 bits per heavy atom. The number of sulfonamides is 1. The van der Waals surface area contributed by atoms with Crippen LogP contribution in [0.3, 0.4) is 0 Å². The van der Waals surface area contributed by atoms with Gasteiger partial charge in [0, 0.05) is 12.1 Å². The monoisotopic (exact) mass is 308 g/mol. The Balaban J connectivity index is 1.95. The molecule has 5 nitrogen and oxygen atoms in total. The molecule has 6 heteroatoms. The van der Waals surface area contributed by atoms with E-state index in [1.807, 2.05) is 45.0 Å². The molecular weight excluding hydrogens is 288 g/mol. The lowest BCUT2D eigenvalue weighted by atomic mass is 10.1. The summed E-state index contributed by atoms with van der Waals surface area (Å²) in [5.74, 6) is 0.743. The van der Waals surface area contributed by atoms with Crippen molar-refractivity contribution in [2.45, 2.75) is 32.9 Å². The molecule has 0 saturated carbocycles. The van der Waals surface area contributed by atoms with Crippen LogP contribution in [0.2, 0.25) is 0 Å². The fourth-order valence-electron chi connectivity index (χ4n) is 2.22. The number of aryl methyl sites for hydroxylation is 3. The minimum atomic E-state index is -3.34. The first-order valence-electron chi connectivity index (χ1n) is 6.82. The molecule has 0 saturated heterocycles. The van der Waals surface area contributed by atoms with Gasteiger partial charge in [-0.2, -0.15) is 0 Å². The first kappa shape index (κ1) is 15.7. The highest BCUT2D eigenvalue weighted by Crippen LogP contribution is 2.13. The van der Waals surface area contributed by atoms with E-state index in [0.717, 1.165) is 28.1 Å². The van der Waals surface area contributed by atoms with Crippen LogP contribution in [0.5, 0.6) is 0 Å². The van der Waals surface area contributed by atoms with Crippen molar-refractivity contribution in [3.63, 3.8) is 0 Å². The number of benzene rings is 1. The molecule has 2 rings (SSSR count). The maximum absolute atomic E-state index is 12.1. The molecule has 0 fully saturated rings. The summed E-state index contributed by atoms with van der Waals surface area (Å²) < 4.78 is 31.9. The summed E-state index contributed by atoms with van der Waals surface area (Å²) in [6.45, 7) is 5.94. The Morgan fingerprint density at radius 1 is 1.19 bits per heavy atom. The number of nitrogens with one attached hydrogen (secondary N) is 1. The molecule has 0 aliphatic heterocycles. The molecule has 0 bridgehead atoms. The van der Waals surface area contributed by atoms with Gasteiger partial charge in [-0.3, -0.25) is 0 Å². The first-order chi connectivity index (χ1) is 9.89. The van der Waals surface area contributed by atoms with Crippen LogP contribution in [0.25, 0.3) is 0 Å². The predicted molar refractivity (Wildman–Crippen MR) is 81.5 cm³/mol. The second-order valence-electron chi connectivity index (χ2n) is 5.13. The zero-order chi connectivity index (χ0) is 15.5. The van der Waals surface area contributed by atoms with Crippen LogP contribution in [-0.2, 0) is 22.2 Å². The van der Waals surface area contributed by atoms with Crippen LogP contribution in [0.4, 0.5) is 0 Å². The molecule has 0 aliphatic rings. The molecule has 0 unspecified atom stereocenters. The summed E-state index contributed by atoms with van der Waals surface area (Å²) in [6.07, 6.45) is 0.578. The van der Waals surface area contributed by atoms with Crippen molar-refractivity contribution in [1.82, 2.24) is 9.88 Å². The van der Waals surface area contributed by atoms with Crippen LogP contribution >= 0.6 is 0 Å². The van der Waals surface area contributed by atoms with Crippen LogP contribution in [-0.4, -0.2) is 20.1 Å². The third-order valence-electron chi connectivity index (χ3n) is 3.48. The Bertz CT molecular complexity index is 701. The maximum atomic E-state index is 12.1. The Hall–Kier alpha value is -1.66. The molecule has 1 aromatic carbocycles. The van der Waals surface area contributed by atoms with Gasteiger partial charge in [0.05, 0.1) is 11.4 Å². The zero-order valence-electron chi connectivity index (χ0n) is 12.5. The number of aromatic nitrogens is 1. The molecule has 21 heavy (non-hydrogen) atoms. The first-order valence-corrected chi connectivity index (χ1v) is 8.48. The fourth-order valence-corrected chi connectivity index (χ4v) is 3.47. The van der Waals surface area contributed by atoms with Crippen LogP contribution in [0.1, 0.15) is 28.1 Å². The van der Waals surface area contributed by atoms with E-state index in [1.165, 1.54) is 0 Å². The van der Waals surface area contributed by atoms with E-state index in [9.17, 15) is 8.42 Å². The van der Waals surface area contributed by atoms with Crippen molar-refractivity contribution >= 4 is 10.0 Å². The number of nitrogens with zero attached hydrogens (tertiary/aromatic N) is 1. The van der Waals surface area contributed by atoms with E-state index in [1.54, 1.807) is 0 Å². The highest BCUT2D eigenvalue weighted by molar-refractivity contribution is 7.88. The number of hydrogen-bond donors (Lipinski definition) is 1. The van der Waals surface area contributed by atoms with E-state index in [0.29, 0.717) is 13.0 Å². The third kappa shape index (κ3) is 4.15. The van der Waals surface area contributed by atoms with Gasteiger partial charge >= 0.3 is 0 Å². The molecular formula is C15H20N2O3S. The van der Waals surface area contributed by atoms with Gasteiger partial charge in [0.2, 0.25) is 10.0 Å². The van der Waals surface area contributed by atoms with Crippen molar-refractivity contribution < 1.29 is 12.9 Å². The number of hydrogen-bond acceptors (Lipinski definition) is 4. The third-order valence-corrected chi connectivity index (χ3v) is 4.82. The maximum Gasteiger partial charge on any atom is 0.215 e. The van der Waals surface area contributed by atoms with Gasteiger partial charge in [-0.1, -0.05) is 29.4 Å². The molecule has 1 aromatic heterocycles. The van der Waals surface area contributed by atoms with E-state index in [-0.39, 0.29) is 5.75 Å². The lowest BCUT2D eigenvalue weighted by Crippen LogP contribution is -2.27. The molecule has 0 aliphatic carbocycles. The lowest BCUT2D eigenvalue weighted by molar-refractivity contribution is 0.392. The Labute approximate surface area is 125 Å². The molecule has 0 radical (unpaired) electrons. The predicted octanol–water partition coefficient (Wildman–Crippen LogP) is 2.26. The van der Waals surface area contributed by atoms with Crippen molar-refractivity contribution in [1.29, 1.82) is 0 Å². The summed E-state index contributed by atoms with van der Waals surface area (Å²) in [7, 11) is -3.34. The standard InChI is InChI=1S/C15H20N2O3S/c1-11-6-4-5-7-14(11)10-21(18,19)16-9-8-15-12(2)17-20-13(15)3/h4-7,16H,8-10H2,1-3H3. The van der Waals surface area contributed by atoms with Gasteiger partial charge in [0.1, 0.15) is 5.76 Å². The van der Waals surface area contributed by atoms with Crippen molar-refractivity contribution in [2.75, 3.05) is 6.54 Å². The van der Waals surface area contributed by atoms with Gasteiger partial charge in [-0.15, -0.1) is 0 Å². The molecule has 0 atom stereocenters. The molecule has 1 heterocycles. The molecule has 2 aromatic rings. The molecule has 114 valence electrons. The molecule has 0 spiro atoms. The van der Waals surface area contributed by atoms with Gasteiger partial charge < -0.3 is 4.52 Å². The van der Waals surface area contributed by atoms with Crippen LogP contribution in [0.15, 0.2) is 28.8 Å². The summed E-state index contributed by atoms with van der Waals surface area (Å²) >= 11 is 0. The lowest BCUT2D eigenvalue weighted by Gasteiger charge is -2.08. The van der Waals surface area contributed by atoms with Crippen LogP contribution < -0.4 is 4.72 Å². The van der Waals surface area contributed by atoms with E-state index in [2.05, 4.69) is 9.88 Å². The normalized spacial score (nSPS) is 11.8. The molecule has 0 amide bonds. The highest BCUT2D eigenvalue weighted by atomic mass is 32.2. The van der Waals surface area contributed by atoms with Gasteiger partial charge in [-0.05, 0) is 38.3 Å². The number of rotatable bonds is 6. The van der Waals surface area contributed by atoms with E-state index in [4.69, 9.17) is 4.52 Å². The largest absolute Gasteiger partial charge is 0.361 e. The fraction of sp³-hybridized carbons (Fsp3) is 0.400. The summed E-state index contributed by atoms with van der Waals surface area (Å²) in [4.78, 5) is 0. The molecule has 1 N–H and O–H groups in total. The smallest absolute Gasteiger partial charge is 0.215 e. The van der Waals surface area contributed by atoms with Gasteiger partial charge in [0.25, 0.3) is 0 Å². The minimum absolute atomic E-state index is 0.00126. The minimum Gasteiger partial charge on any atom is -0.361 e. The second-order valence-corrected chi connectivity index (χ2v) is 6.94. The van der Waals surface area contributed by atoms with Gasteiger partial charge in [0.15, 0.2) is 0 Å². The Morgan fingerprint density at radius 3 is 2.52 bits per heavy atom. The quantitative estimate of drug-likeness (QED) is 0.888. The van der Waals surface area contributed by atoms with Crippen molar-refractivity contribution in [2.24, 2.45) is 0 Å². The summed E-state index contributed by atoms with van der Waals surface area (Å²) in [6, 6.07) is 7.50. The Kier molecular flexibility index (Phi) is 4.80.